The first-order chi connectivity index (χ1) is 8.59. The number of hydrogen-bond donors (Lipinski definition) is 1. The molecule has 1 aliphatic rings. The van der Waals surface area contributed by atoms with Crippen molar-refractivity contribution in [3.8, 4) is 0 Å². The van der Waals surface area contributed by atoms with Gasteiger partial charge in [0.05, 0.1) is 0 Å². The largest absolute Gasteiger partial charge is 0.480 e. The lowest BCUT2D eigenvalue weighted by molar-refractivity contribution is -0.143. The predicted octanol–water partition coefficient (Wildman–Crippen LogP) is 2.53. The van der Waals surface area contributed by atoms with E-state index in [4.69, 9.17) is 5.11 Å². The summed E-state index contributed by atoms with van der Waals surface area (Å²) in [4.78, 5) is 24.9. The van der Waals surface area contributed by atoms with Crippen molar-refractivity contribution in [1.82, 2.24) is 4.90 Å². The van der Waals surface area contributed by atoms with Gasteiger partial charge >= 0.3 is 5.97 Å². The number of carboxylic acids is 1. The Morgan fingerprint density at radius 1 is 1.22 bits per heavy atom. The molecule has 0 spiro atoms. The zero-order valence-corrected chi connectivity index (χ0v) is 11.4. The molecule has 0 radical (unpaired) electrons. The first kappa shape index (κ1) is 13.1. The fourth-order valence-corrected chi connectivity index (χ4v) is 2.45. The van der Waals surface area contributed by atoms with E-state index in [1.165, 1.54) is 4.90 Å². The van der Waals surface area contributed by atoms with Crippen LogP contribution < -0.4 is 0 Å². The molecule has 1 aromatic carbocycles. The van der Waals surface area contributed by atoms with Gasteiger partial charge in [0.2, 0.25) is 0 Å². The van der Waals surface area contributed by atoms with Crippen LogP contribution in [0.1, 0.15) is 29.6 Å². The van der Waals surface area contributed by atoms with Gasteiger partial charge in [-0.1, -0.05) is 15.9 Å². The number of rotatable bonds is 2. The van der Waals surface area contributed by atoms with Gasteiger partial charge in [-0.2, -0.15) is 0 Å². The average Bonchev–Trinajstić information content (AvgIpc) is 2.39. The molecule has 1 aliphatic heterocycles. The molecule has 4 nitrogen and oxygen atoms in total. The van der Waals surface area contributed by atoms with Crippen molar-refractivity contribution in [3.63, 3.8) is 0 Å². The van der Waals surface area contributed by atoms with Crippen LogP contribution in [-0.4, -0.2) is 34.5 Å². The minimum absolute atomic E-state index is 0.199. The van der Waals surface area contributed by atoms with Gasteiger partial charge in [0.1, 0.15) is 6.04 Å². The summed E-state index contributed by atoms with van der Waals surface area (Å²) in [6, 6.07) is 6.30. The van der Waals surface area contributed by atoms with Gasteiger partial charge in [0.15, 0.2) is 0 Å². The van der Waals surface area contributed by atoms with E-state index in [-0.39, 0.29) is 5.91 Å². The summed E-state index contributed by atoms with van der Waals surface area (Å²) in [5, 5.41) is 9.15. The summed E-state index contributed by atoms with van der Waals surface area (Å²) >= 11 is 3.31. The third-order valence-electron chi connectivity index (χ3n) is 3.14. The molecular formula is C13H14BrNO3. The zero-order chi connectivity index (χ0) is 13.1. The quantitative estimate of drug-likeness (QED) is 0.913. The maximum absolute atomic E-state index is 12.3. The molecule has 1 fully saturated rings. The minimum Gasteiger partial charge on any atom is -0.480 e. The molecule has 96 valence electrons. The number of carbonyl (C=O) groups is 2. The van der Waals surface area contributed by atoms with Crippen molar-refractivity contribution >= 4 is 27.8 Å². The molecule has 0 saturated carbocycles. The lowest BCUT2D eigenvalue weighted by Gasteiger charge is -2.33. The highest BCUT2D eigenvalue weighted by atomic mass is 79.9. The number of amides is 1. The molecule has 5 heteroatoms. The smallest absolute Gasteiger partial charge is 0.326 e. The molecule has 2 rings (SSSR count). The normalized spacial score (nSPS) is 19.6. The topological polar surface area (TPSA) is 57.6 Å². The molecule has 18 heavy (non-hydrogen) atoms. The van der Waals surface area contributed by atoms with Crippen molar-refractivity contribution in [1.29, 1.82) is 0 Å². The molecule has 0 aliphatic carbocycles. The lowest BCUT2D eigenvalue weighted by atomic mass is 10.0. The van der Waals surface area contributed by atoms with E-state index in [0.717, 1.165) is 17.3 Å². The third kappa shape index (κ3) is 2.72. The van der Waals surface area contributed by atoms with Crippen molar-refractivity contribution in [2.24, 2.45) is 0 Å². The van der Waals surface area contributed by atoms with Crippen molar-refractivity contribution < 1.29 is 14.7 Å². The molecule has 1 atom stereocenters. The standard InChI is InChI=1S/C13H14BrNO3/c14-10-6-4-9(5-7-10)12(16)15-8-2-1-3-11(15)13(17)18/h4-7,11H,1-3,8H2,(H,17,18)/t11-/m0/s1. The van der Waals surface area contributed by atoms with Gasteiger partial charge in [-0.3, -0.25) is 4.79 Å². The van der Waals surface area contributed by atoms with Gasteiger partial charge < -0.3 is 10.0 Å². The maximum atomic E-state index is 12.3. The average molecular weight is 312 g/mol. The van der Waals surface area contributed by atoms with E-state index in [2.05, 4.69) is 15.9 Å². The fourth-order valence-electron chi connectivity index (χ4n) is 2.19. The second kappa shape index (κ2) is 5.52. The van der Waals surface area contributed by atoms with Crippen LogP contribution >= 0.6 is 15.9 Å². The summed E-state index contributed by atoms with van der Waals surface area (Å²) in [6.45, 7) is 0.520. The Morgan fingerprint density at radius 3 is 2.50 bits per heavy atom. The number of likely N-dealkylation sites (tertiary alicyclic amines) is 1. The number of benzene rings is 1. The van der Waals surface area contributed by atoms with Gasteiger partial charge in [-0.25, -0.2) is 4.79 Å². The summed E-state index contributed by atoms with van der Waals surface area (Å²) < 4.78 is 0.896. The Morgan fingerprint density at radius 2 is 1.89 bits per heavy atom. The predicted molar refractivity (Wildman–Crippen MR) is 70.5 cm³/mol. The Kier molecular flexibility index (Phi) is 4.01. The lowest BCUT2D eigenvalue weighted by Crippen LogP contribution is -2.47. The van der Waals surface area contributed by atoms with Gasteiger partial charge in [-0.05, 0) is 43.5 Å². The molecule has 0 bridgehead atoms. The van der Waals surface area contributed by atoms with E-state index in [0.29, 0.717) is 18.5 Å². The fraction of sp³-hybridized carbons (Fsp3) is 0.385. The zero-order valence-electron chi connectivity index (χ0n) is 9.80. The number of nitrogens with zero attached hydrogens (tertiary/aromatic N) is 1. The summed E-state index contributed by atoms with van der Waals surface area (Å²) in [6.07, 6.45) is 2.27. The van der Waals surface area contributed by atoms with Crippen LogP contribution in [0.15, 0.2) is 28.7 Å². The Bertz CT molecular complexity index is 458. The molecule has 1 aromatic rings. The Hall–Kier alpha value is -1.36. The van der Waals surface area contributed by atoms with E-state index < -0.39 is 12.0 Å². The van der Waals surface area contributed by atoms with Crippen LogP contribution in [0.25, 0.3) is 0 Å². The highest BCUT2D eigenvalue weighted by molar-refractivity contribution is 9.10. The van der Waals surface area contributed by atoms with E-state index in [1.807, 2.05) is 0 Å². The van der Waals surface area contributed by atoms with Crippen LogP contribution in [-0.2, 0) is 4.79 Å². The van der Waals surface area contributed by atoms with Crippen LogP contribution in [0.5, 0.6) is 0 Å². The molecular weight excluding hydrogens is 298 g/mol. The molecule has 0 unspecified atom stereocenters. The first-order valence-electron chi connectivity index (χ1n) is 5.89. The third-order valence-corrected chi connectivity index (χ3v) is 3.67. The maximum Gasteiger partial charge on any atom is 0.326 e. The summed E-state index contributed by atoms with van der Waals surface area (Å²) in [7, 11) is 0. The van der Waals surface area contributed by atoms with Crippen LogP contribution in [0.4, 0.5) is 0 Å². The number of carbonyl (C=O) groups excluding carboxylic acids is 1. The highest BCUT2D eigenvalue weighted by Crippen LogP contribution is 2.20. The van der Waals surface area contributed by atoms with E-state index >= 15 is 0 Å². The van der Waals surface area contributed by atoms with Crippen LogP contribution in [0.3, 0.4) is 0 Å². The van der Waals surface area contributed by atoms with Crippen LogP contribution in [0, 0.1) is 0 Å². The second-order valence-electron chi connectivity index (χ2n) is 4.36. The number of aliphatic carboxylic acids is 1. The van der Waals surface area contributed by atoms with Gasteiger partial charge in [-0.15, -0.1) is 0 Å². The second-order valence-corrected chi connectivity index (χ2v) is 5.27. The number of carboxylic acid groups (broad SMARTS) is 1. The monoisotopic (exact) mass is 311 g/mol. The van der Waals surface area contributed by atoms with Gasteiger partial charge in [0, 0.05) is 16.6 Å². The Labute approximate surface area is 114 Å². The van der Waals surface area contributed by atoms with Crippen molar-refractivity contribution in [2.45, 2.75) is 25.3 Å². The van der Waals surface area contributed by atoms with Gasteiger partial charge in [0.25, 0.3) is 5.91 Å². The molecule has 1 amide bonds. The SMILES string of the molecule is O=C(O)[C@@H]1CCCCN1C(=O)c1ccc(Br)cc1. The van der Waals surface area contributed by atoms with Crippen molar-refractivity contribution in [3.05, 3.63) is 34.3 Å². The molecule has 1 saturated heterocycles. The Balaban J connectivity index is 2.20. The number of hydrogen-bond acceptors (Lipinski definition) is 2. The van der Waals surface area contributed by atoms with Crippen molar-refractivity contribution in [2.75, 3.05) is 6.54 Å². The molecule has 1 N–H and O–H groups in total. The van der Waals surface area contributed by atoms with Crippen LogP contribution in [0.2, 0.25) is 0 Å². The van der Waals surface area contributed by atoms with E-state index in [9.17, 15) is 9.59 Å². The van der Waals surface area contributed by atoms with E-state index in [1.54, 1.807) is 24.3 Å². The minimum atomic E-state index is -0.917. The molecule has 0 aromatic heterocycles. The number of piperidine rings is 1. The highest BCUT2D eigenvalue weighted by Gasteiger charge is 2.32. The summed E-state index contributed by atoms with van der Waals surface area (Å²) in [5.74, 6) is -1.12. The first-order valence-corrected chi connectivity index (χ1v) is 6.68. The summed E-state index contributed by atoms with van der Waals surface area (Å²) in [5.41, 5.74) is 0.534. The number of halogens is 1. The molecule has 1 heterocycles.